The normalized spacial score (nSPS) is 10.5. The molecule has 0 saturated carbocycles. The Bertz CT molecular complexity index is 634. The molecule has 1 aromatic heterocycles. The fourth-order valence-corrected chi connectivity index (χ4v) is 2.13. The van der Waals surface area contributed by atoms with Crippen LogP contribution in [0.1, 0.15) is 17.7 Å². The van der Waals surface area contributed by atoms with E-state index in [2.05, 4.69) is 20.6 Å². The van der Waals surface area contributed by atoms with Crippen molar-refractivity contribution in [1.29, 1.82) is 0 Å². The van der Waals surface area contributed by atoms with Crippen LogP contribution in [0.2, 0.25) is 5.02 Å². The molecule has 0 bridgehead atoms. The van der Waals surface area contributed by atoms with Crippen LogP contribution in [0.15, 0.2) is 24.3 Å². The number of aromatic nitrogens is 2. The first-order valence-electron chi connectivity index (χ1n) is 7.20. The van der Waals surface area contributed by atoms with E-state index in [4.69, 9.17) is 16.3 Å². The quantitative estimate of drug-likeness (QED) is 0.757. The highest BCUT2D eigenvalue weighted by Crippen LogP contribution is 2.23. The van der Waals surface area contributed by atoms with Crippen molar-refractivity contribution in [1.82, 2.24) is 9.97 Å². The van der Waals surface area contributed by atoms with E-state index in [1.807, 2.05) is 38.1 Å². The number of nitrogens with zero attached hydrogens (tertiary/aromatic N) is 2. The van der Waals surface area contributed by atoms with Crippen molar-refractivity contribution in [3.8, 4) is 0 Å². The second kappa shape index (κ2) is 7.96. The van der Waals surface area contributed by atoms with E-state index in [-0.39, 0.29) is 0 Å². The van der Waals surface area contributed by atoms with Gasteiger partial charge in [-0.05, 0) is 38.0 Å². The summed E-state index contributed by atoms with van der Waals surface area (Å²) in [5.74, 6) is 1.35. The molecule has 1 aromatic carbocycles. The van der Waals surface area contributed by atoms with Gasteiger partial charge in [0.2, 0.25) is 5.95 Å². The highest BCUT2D eigenvalue weighted by atomic mass is 35.5. The van der Waals surface area contributed by atoms with Gasteiger partial charge in [-0.2, -0.15) is 4.98 Å². The molecule has 0 aliphatic carbocycles. The molecule has 22 heavy (non-hydrogen) atoms. The molecule has 118 valence electrons. The number of hydrogen-bond acceptors (Lipinski definition) is 5. The molecule has 0 aliphatic rings. The summed E-state index contributed by atoms with van der Waals surface area (Å²) in [5.41, 5.74) is 2.84. The van der Waals surface area contributed by atoms with Crippen LogP contribution in [-0.2, 0) is 4.74 Å². The van der Waals surface area contributed by atoms with Gasteiger partial charge in [0.15, 0.2) is 0 Å². The van der Waals surface area contributed by atoms with Gasteiger partial charge < -0.3 is 15.4 Å². The SMILES string of the molecule is COCCCNc1nc(C)cc(Nc2ccc(C)c(Cl)c2)n1. The van der Waals surface area contributed by atoms with Crippen molar-refractivity contribution in [2.45, 2.75) is 20.3 Å². The number of hydrogen-bond donors (Lipinski definition) is 2. The van der Waals surface area contributed by atoms with Crippen molar-refractivity contribution < 1.29 is 4.74 Å². The number of halogens is 1. The summed E-state index contributed by atoms with van der Waals surface area (Å²) in [6, 6.07) is 7.74. The predicted octanol–water partition coefficient (Wildman–Crippen LogP) is 3.94. The Balaban J connectivity index is 2.06. The Labute approximate surface area is 136 Å². The minimum Gasteiger partial charge on any atom is -0.385 e. The number of anilines is 3. The van der Waals surface area contributed by atoms with Crippen LogP contribution < -0.4 is 10.6 Å². The van der Waals surface area contributed by atoms with Crippen molar-refractivity contribution in [2.24, 2.45) is 0 Å². The summed E-state index contributed by atoms with van der Waals surface area (Å²) >= 11 is 6.14. The van der Waals surface area contributed by atoms with Crippen LogP contribution in [0.5, 0.6) is 0 Å². The molecule has 6 heteroatoms. The zero-order chi connectivity index (χ0) is 15.9. The number of benzene rings is 1. The molecule has 0 unspecified atom stereocenters. The lowest BCUT2D eigenvalue weighted by Crippen LogP contribution is -2.09. The molecule has 1 heterocycles. The fraction of sp³-hybridized carbons (Fsp3) is 0.375. The summed E-state index contributed by atoms with van der Waals surface area (Å²) in [5, 5.41) is 7.18. The molecular formula is C16H21ClN4O. The van der Waals surface area contributed by atoms with Gasteiger partial charge in [0.1, 0.15) is 5.82 Å². The van der Waals surface area contributed by atoms with E-state index in [0.717, 1.165) is 40.8 Å². The van der Waals surface area contributed by atoms with E-state index in [9.17, 15) is 0 Å². The molecule has 0 saturated heterocycles. The van der Waals surface area contributed by atoms with Gasteiger partial charge in [0.25, 0.3) is 0 Å². The third-order valence-corrected chi connectivity index (χ3v) is 3.51. The molecule has 0 amide bonds. The first-order chi connectivity index (χ1) is 10.6. The van der Waals surface area contributed by atoms with Gasteiger partial charge in [0.05, 0.1) is 0 Å². The molecule has 2 rings (SSSR count). The third kappa shape index (κ3) is 4.86. The zero-order valence-corrected chi connectivity index (χ0v) is 13.9. The lowest BCUT2D eigenvalue weighted by molar-refractivity contribution is 0.197. The molecule has 0 aliphatic heterocycles. The number of aryl methyl sites for hydroxylation is 2. The Morgan fingerprint density at radius 3 is 2.73 bits per heavy atom. The summed E-state index contributed by atoms with van der Waals surface area (Å²) in [7, 11) is 1.69. The summed E-state index contributed by atoms with van der Waals surface area (Å²) < 4.78 is 5.02. The summed E-state index contributed by atoms with van der Waals surface area (Å²) in [6.45, 7) is 5.40. The van der Waals surface area contributed by atoms with E-state index in [0.29, 0.717) is 12.6 Å². The van der Waals surface area contributed by atoms with Gasteiger partial charge in [0, 0.05) is 42.7 Å². The Kier molecular flexibility index (Phi) is 5.98. The average Bonchev–Trinajstić information content (AvgIpc) is 2.47. The van der Waals surface area contributed by atoms with Crippen molar-refractivity contribution >= 4 is 29.1 Å². The van der Waals surface area contributed by atoms with E-state index < -0.39 is 0 Å². The summed E-state index contributed by atoms with van der Waals surface area (Å²) in [4.78, 5) is 8.84. The van der Waals surface area contributed by atoms with Crippen LogP contribution >= 0.6 is 11.6 Å². The van der Waals surface area contributed by atoms with Gasteiger partial charge in [-0.1, -0.05) is 17.7 Å². The Morgan fingerprint density at radius 2 is 2.00 bits per heavy atom. The topological polar surface area (TPSA) is 59.1 Å². The molecule has 5 nitrogen and oxygen atoms in total. The summed E-state index contributed by atoms with van der Waals surface area (Å²) in [6.07, 6.45) is 0.907. The molecule has 0 atom stereocenters. The van der Waals surface area contributed by atoms with Crippen LogP contribution in [-0.4, -0.2) is 30.2 Å². The highest BCUT2D eigenvalue weighted by molar-refractivity contribution is 6.31. The molecule has 0 spiro atoms. The standard InChI is InChI=1S/C16H21ClN4O/c1-11-5-6-13(10-14(11)17)20-15-9-12(2)19-16(21-15)18-7-4-8-22-3/h5-6,9-10H,4,7-8H2,1-3H3,(H2,18,19,20,21). The molecule has 0 radical (unpaired) electrons. The molecule has 2 aromatic rings. The Hall–Kier alpha value is -1.85. The minimum absolute atomic E-state index is 0.608. The van der Waals surface area contributed by atoms with E-state index >= 15 is 0 Å². The monoisotopic (exact) mass is 320 g/mol. The maximum atomic E-state index is 6.14. The van der Waals surface area contributed by atoms with E-state index in [1.165, 1.54) is 0 Å². The van der Waals surface area contributed by atoms with Crippen molar-refractivity contribution in [2.75, 3.05) is 30.9 Å². The van der Waals surface area contributed by atoms with Crippen LogP contribution in [0, 0.1) is 13.8 Å². The second-order valence-corrected chi connectivity index (χ2v) is 5.49. The zero-order valence-electron chi connectivity index (χ0n) is 13.1. The van der Waals surface area contributed by atoms with Crippen LogP contribution in [0.4, 0.5) is 17.5 Å². The van der Waals surface area contributed by atoms with Gasteiger partial charge in [-0.15, -0.1) is 0 Å². The number of methoxy groups -OCH3 is 1. The Morgan fingerprint density at radius 1 is 1.18 bits per heavy atom. The molecule has 2 N–H and O–H groups in total. The van der Waals surface area contributed by atoms with Crippen LogP contribution in [0.3, 0.4) is 0 Å². The van der Waals surface area contributed by atoms with Gasteiger partial charge in [-0.25, -0.2) is 4.98 Å². The lowest BCUT2D eigenvalue weighted by atomic mass is 10.2. The average molecular weight is 321 g/mol. The number of nitrogens with one attached hydrogen (secondary N) is 2. The maximum Gasteiger partial charge on any atom is 0.224 e. The van der Waals surface area contributed by atoms with Crippen molar-refractivity contribution in [3.63, 3.8) is 0 Å². The number of ether oxygens (including phenoxy) is 1. The maximum absolute atomic E-state index is 6.14. The largest absolute Gasteiger partial charge is 0.385 e. The van der Waals surface area contributed by atoms with Gasteiger partial charge >= 0.3 is 0 Å². The molecular weight excluding hydrogens is 300 g/mol. The predicted molar refractivity (Wildman–Crippen MR) is 91.2 cm³/mol. The van der Waals surface area contributed by atoms with Crippen LogP contribution in [0.25, 0.3) is 0 Å². The fourth-order valence-electron chi connectivity index (χ4n) is 1.95. The first-order valence-corrected chi connectivity index (χ1v) is 7.58. The smallest absolute Gasteiger partial charge is 0.224 e. The van der Waals surface area contributed by atoms with Gasteiger partial charge in [-0.3, -0.25) is 0 Å². The minimum atomic E-state index is 0.608. The highest BCUT2D eigenvalue weighted by Gasteiger charge is 2.04. The van der Waals surface area contributed by atoms with E-state index in [1.54, 1.807) is 7.11 Å². The van der Waals surface area contributed by atoms with Crippen molar-refractivity contribution in [3.05, 3.63) is 40.5 Å². The third-order valence-electron chi connectivity index (χ3n) is 3.11. The lowest BCUT2D eigenvalue weighted by Gasteiger charge is -2.10. The first kappa shape index (κ1) is 16.5. The second-order valence-electron chi connectivity index (χ2n) is 5.08. The number of rotatable bonds is 7. The molecule has 0 fully saturated rings.